The Morgan fingerprint density at radius 3 is 2.47 bits per heavy atom. The second-order valence-electron chi connectivity index (χ2n) is 6.54. The van der Waals surface area contributed by atoms with Crippen LogP contribution in [0, 0.1) is 5.82 Å². The molecule has 7 nitrogen and oxygen atoms in total. The van der Waals surface area contributed by atoms with Gasteiger partial charge in [-0.05, 0) is 38.1 Å². The minimum Gasteiger partial charge on any atom is -0.493 e. The number of halogens is 1. The molecule has 0 bridgehead atoms. The average molecular weight is 431 g/mol. The number of aromatic nitrogens is 3. The molecule has 2 atom stereocenters. The standard InChI is InChI=1S/C21H23FN4O3S/c1-13(29-18-12-8-7-11-17(18)28-4)19-24-25-21(26(19)3)30-14(2)20(27)23-16-10-6-5-9-15(16)22/h5-14H,1-4H3,(H,23,27). The highest BCUT2D eigenvalue weighted by Crippen LogP contribution is 2.31. The van der Waals surface area contributed by atoms with E-state index in [4.69, 9.17) is 9.47 Å². The number of carbonyl (C=O) groups excluding carboxylic acids is 1. The lowest BCUT2D eigenvalue weighted by Gasteiger charge is -2.16. The Morgan fingerprint density at radius 2 is 1.77 bits per heavy atom. The van der Waals surface area contributed by atoms with Gasteiger partial charge in [0, 0.05) is 7.05 Å². The number of hydrogen-bond acceptors (Lipinski definition) is 6. The molecule has 158 valence electrons. The number of para-hydroxylation sites is 3. The van der Waals surface area contributed by atoms with E-state index in [2.05, 4.69) is 15.5 Å². The van der Waals surface area contributed by atoms with Crippen molar-refractivity contribution in [1.82, 2.24) is 14.8 Å². The first-order valence-corrected chi connectivity index (χ1v) is 10.2. The van der Waals surface area contributed by atoms with E-state index in [0.717, 1.165) is 0 Å². The number of methoxy groups -OCH3 is 1. The van der Waals surface area contributed by atoms with Crippen LogP contribution in [-0.4, -0.2) is 33.0 Å². The first kappa shape index (κ1) is 21.6. The monoisotopic (exact) mass is 430 g/mol. The van der Waals surface area contributed by atoms with Crippen LogP contribution >= 0.6 is 11.8 Å². The van der Waals surface area contributed by atoms with Crippen molar-refractivity contribution >= 4 is 23.4 Å². The highest BCUT2D eigenvalue weighted by atomic mass is 32.2. The summed E-state index contributed by atoms with van der Waals surface area (Å²) in [5.41, 5.74) is 0.146. The van der Waals surface area contributed by atoms with E-state index < -0.39 is 17.2 Å². The SMILES string of the molecule is COc1ccccc1OC(C)c1nnc(SC(C)C(=O)Nc2ccccc2F)n1C. The zero-order valence-electron chi connectivity index (χ0n) is 17.1. The fraction of sp³-hybridized carbons (Fsp3) is 0.286. The van der Waals surface area contributed by atoms with Crippen molar-refractivity contribution in [3.05, 3.63) is 60.2 Å². The van der Waals surface area contributed by atoms with Crippen molar-refractivity contribution in [3.8, 4) is 11.5 Å². The van der Waals surface area contributed by atoms with Crippen molar-refractivity contribution in [1.29, 1.82) is 0 Å². The van der Waals surface area contributed by atoms with Crippen molar-refractivity contribution in [3.63, 3.8) is 0 Å². The number of nitrogens with zero attached hydrogens (tertiary/aromatic N) is 3. The van der Waals surface area contributed by atoms with Crippen LogP contribution in [0.1, 0.15) is 25.8 Å². The fourth-order valence-electron chi connectivity index (χ4n) is 2.75. The molecule has 2 aromatic carbocycles. The van der Waals surface area contributed by atoms with Gasteiger partial charge in [-0.3, -0.25) is 4.79 Å². The predicted molar refractivity (Wildman–Crippen MR) is 113 cm³/mol. The van der Waals surface area contributed by atoms with Gasteiger partial charge in [0.05, 0.1) is 18.0 Å². The third kappa shape index (κ3) is 4.91. The highest BCUT2D eigenvalue weighted by molar-refractivity contribution is 8.00. The molecule has 0 fully saturated rings. The second-order valence-corrected chi connectivity index (χ2v) is 7.85. The minimum atomic E-state index is -0.509. The summed E-state index contributed by atoms with van der Waals surface area (Å²) in [6, 6.07) is 13.4. The lowest BCUT2D eigenvalue weighted by molar-refractivity contribution is -0.115. The smallest absolute Gasteiger partial charge is 0.237 e. The summed E-state index contributed by atoms with van der Waals surface area (Å²) in [7, 11) is 3.39. The third-order valence-corrected chi connectivity index (χ3v) is 5.52. The Kier molecular flexibility index (Phi) is 6.94. The van der Waals surface area contributed by atoms with E-state index in [0.29, 0.717) is 22.5 Å². The maximum absolute atomic E-state index is 13.8. The summed E-state index contributed by atoms with van der Waals surface area (Å²) in [6.07, 6.45) is -0.393. The van der Waals surface area contributed by atoms with E-state index in [1.807, 2.05) is 31.2 Å². The number of carbonyl (C=O) groups is 1. The van der Waals surface area contributed by atoms with Crippen molar-refractivity contribution in [2.45, 2.75) is 30.4 Å². The van der Waals surface area contributed by atoms with Crippen LogP contribution in [-0.2, 0) is 11.8 Å². The van der Waals surface area contributed by atoms with Gasteiger partial charge in [-0.1, -0.05) is 36.0 Å². The highest BCUT2D eigenvalue weighted by Gasteiger charge is 2.23. The minimum absolute atomic E-state index is 0.146. The van der Waals surface area contributed by atoms with E-state index in [-0.39, 0.29) is 11.6 Å². The molecule has 3 aromatic rings. The summed E-state index contributed by atoms with van der Waals surface area (Å²) in [6.45, 7) is 3.59. The summed E-state index contributed by atoms with van der Waals surface area (Å²) in [5.74, 6) is 1.02. The van der Waals surface area contributed by atoms with Crippen molar-refractivity contribution in [2.24, 2.45) is 7.05 Å². The van der Waals surface area contributed by atoms with Crippen LogP contribution in [0.5, 0.6) is 11.5 Å². The van der Waals surface area contributed by atoms with Gasteiger partial charge in [-0.25, -0.2) is 4.39 Å². The predicted octanol–water partition coefficient (Wildman–Crippen LogP) is 4.22. The van der Waals surface area contributed by atoms with Crippen molar-refractivity contribution < 1.29 is 18.7 Å². The van der Waals surface area contributed by atoms with Gasteiger partial charge in [0.15, 0.2) is 28.6 Å². The lowest BCUT2D eigenvalue weighted by atomic mass is 10.3. The Morgan fingerprint density at radius 1 is 1.10 bits per heavy atom. The van der Waals surface area contributed by atoms with Crippen LogP contribution in [0.4, 0.5) is 10.1 Å². The number of amides is 1. The molecule has 9 heteroatoms. The van der Waals surface area contributed by atoms with E-state index in [9.17, 15) is 9.18 Å². The molecule has 0 aliphatic carbocycles. The molecule has 1 heterocycles. The Bertz CT molecular complexity index is 1030. The molecule has 0 spiro atoms. The number of hydrogen-bond donors (Lipinski definition) is 1. The molecule has 0 radical (unpaired) electrons. The van der Waals surface area contributed by atoms with Crippen LogP contribution in [0.3, 0.4) is 0 Å². The van der Waals surface area contributed by atoms with Gasteiger partial charge in [0.1, 0.15) is 5.82 Å². The number of thioether (sulfide) groups is 1. The Labute approximate surface area is 178 Å². The van der Waals surface area contributed by atoms with Gasteiger partial charge in [0.25, 0.3) is 0 Å². The summed E-state index contributed by atoms with van der Waals surface area (Å²) < 4.78 is 26.8. The molecule has 0 saturated heterocycles. The van der Waals surface area contributed by atoms with Crippen LogP contribution in [0.15, 0.2) is 53.7 Å². The summed E-state index contributed by atoms with van der Waals surface area (Å²) >= 11 is 1.23. The van der Waals surface area contributed by atoms with Gasteiger partial charge in [0.2, 0.25) is 5.91 Å². The molecular weight excluding hydrogens is 407 g/mol. The normalized spacial score (nSPS) is 12.8. The molecule has 2 unspecified atom stereocenters. The van der Waals surface area contributed by atoms with Crippen LogP contribution in [0.2, 0.25) is 0 Å². The summed E-state index contributed by atoms with van der Waals surface area (Å²) in [5, 5.41) is 11.0. The molecule has 3 rings (SSSR count). The molecule has 0 aliphatic rings. The summed E-state index contributed by atoms with van der Waals surface area (Å²) in [4.78, 5) is 12.4. The zero-order valence-corrected chi connectivity index (χ0v) is 17.9. The molecule has 0 saturated carbocycles. The van der Waals surface area contributed by atoms with E-state index in [1.165, 1.54) is 23.9 Å². The maximum Gasteiger partial charge on any atom is 0.237 e. The van der Waals surface area contributed by atoms with Crippen LogP contribution < -0.4 is 14.8 Å². The van der Waals surface area contributed by atoms with Gasteiger partial charge in [-0.2, -0.15) is 0 Å². The molecule has 1 amide bonds. The number of nitrogens with one attached hydrogen (secondary N) is 1. The topological polar surface area (TPSA) is 78.3 Å². The Balaban J connectivity index is 1.67. The van der Waals surface area contributed by atoms with Gasteiger partial charge >= 0.3 is 0 Å². The molecule has 0 aliphatic heterocycles. The lowest BCUT2D eigenvalue weighted by Crippen LogP contribution is -2.23. The number of rotatable bonds is 8. The first-order valence-electron chi connectivity index (χ1n) is 9.31. The van der Waals surface area contributed by atoms with E-state index >= 15 is 0 Å². The average Bonchev–Trinajstić information content (AvgIpc) is 3.10. The molecule has 30 heavy (non-hydrogen) atoms. The second kappa shape index (κ2) is 9.62. The Hall–Kier alpha value is -3.07. The largest absolute Gasteiger partial charge is 0.493 e. The van der Waals surface area contributed by atoms with E-state index in [1.54, 1.807) is 37.8 Å². The number of anilines is 1. The molecule has 1 aromatic heterocycles. The fourth-order valence-corrected chi connectivity index (χ4v) is 3.57. The molecular formula is C21H23FN4O3S. The maximum atomic E-state index is 13.8. The molecule has 1 N–H and O–H groups in total. The van der Waals surface area contributed by atoms with Gasteiger partial charge in [-0.15, -0.1) is 10.2 Å². The van der Waals surface area contributed by atoms with Crippen LogP contribution in [0.25, 0.3) is 0 Å². The number of benzene rings is 2. The quantitative estimate of drug-likeness (QED) is 0.539. The number of ether oxygens (including phenoxy) is 2. The first-order chi connectivity index (χ1) is 14.4. The van der Waals surface area contributed by atoms with Crippen molar-refractivity contribution in [2.75, 3.05) is 12.4 Å². The van der Waals surface area contributed by atoms with Gasteiger partial charge < -0.3 is 19.4 Å². The zero-order chi connectivity index (χ0) is 21.7. The third-order valence-electron chi connectivity index (χ3n) is 4.39.